The van der Waals surface area contributed by atoms with E-state index in [1.54, 1.807) is 26.0 Å². The molecule has 8 nitrogen and oxygen atoms in total. The first-order valence-electron chi connectivity index (χ1n) is 5.95. The van der Waals surface area contributed by atoms with Crippen molar-refractivity contribution in [2.24, 2.45) is 0 Å². The Morgan fingerprint density at radius 1 is 0.857 bits per heavy atom. The Labute approximate surface area is 123 Å². The van der Waals surface area contributed by atoms with E-state index in [1.807, 2.05) is 13.8 Å². The summed E-state index contributed by atoms with van der Waals surface area (Å²) in [5.74, 6) is -1.65. The zero-order chi connectivity index (χ0) is 17.6. The number of carboxylic acid groups (broad SMARTS) is 2. The molecule has 0 aliphatic heterocycles. The number of carbonyl (C=O) groups is 2. The molecule has 0 aromatic rings. The van der Waals surface area contributed by atoms with E-state index in [0.29, 0.717) is 11.1 Å². The maximum absolute atomic E-state index is 10.0. The third kappa shape index (κ3) is 32.2. The van der Waals surface area contributed by atoms with Gasteiger partial charge < -0.3 is 24.9 Å². The molecule has 9 heteroatoms. The predicted molar refractivity (Wildman–Crippen MR) is 77.6 cm³/mol. The van der Waals surface area contributed by atoms with Crippen molar-refractivity contribution in [2.45, 2.75) is 40.5 Å². The fourth-order valence-corrected chi connectivity index (χ4v) is 0.787. The Morgan fingerprint density at radius 2 is 1.05 bits per heavy atom. The van der Waals surface area contributed by atoms with Crippen LogP contribution in [0.25, 0.3) is 0 Å². The van der Waals surface area contributed by atoms with Crippen molar-refractivity contribution in [3.8, 4) is 0 Å². The van der Waals surface area contributed by atoms with Gasteiger partial charge in [-0.25, -0.2) is 14.2 Å². The predicted octanol–water partition coefficient (Wildman–Crippen LogP) is 1.93. The lowest BCUT2D eigenvalue weighted by atomic mass is 10.2. The lowest BCUT2D eigenvalue weighted by Gasteiger charge is -1.87. The molecule has 124 valence electrons. The van der Waals surface area contributed by atoms with E-state index in [9.17, 15) is 9.59 Å². The molecule has 0 fully saturated rings. The topological polar surface area (TPSA) is 152 Å². The monoisotopic (exact) mass is 326 g/mol. The lowest BCUT2D eigenvalue weighted by Crippen LogP contribution is -1.94. The van der Waals surface area contributed by atoms with Crippen LogP contribution >= 0.6 is 7.82 Å². The first-order valence-corrected chi connectivity index (χ1v) is 7.51. The number of aliphatic carboxylic acids is 2. The quantitative estimate of drug-likeness (QED) is 0.388. The van der Waals surface area contributed by atoms with Gasteiger partial charge in [0.05, 0.1) is 0 Å². The molecule has 0 saturated carbocycles. The summed E-state index contributed by atoms with van der Waals surface area (Å²) < 4.78 is 8.88. The van der Waals surface area contributed by atoms with Crippen LogP contribution in [-0.4, -0.2) is 36.8 Å². The van der Waals surface area contributed by atoms with Gasteiger partial charge in [0, 0.05) is 11.1 Å². The van der Waals surface area contributed by atoms with Crippen LogP contribution in [0.3, 0.4) is 0 Å². The number of hydrogen-bond acceptors (Lipinski definition) is 3. The largest absolute Gasteiger partial charge is 0.478 e. The molecular formula is C12H23O8P. The summed E-state index contributed by atoms with van der Waals surface area (Å²) >= 11 is 0. The fraction of sp³-hybridized carbons (Fsp3) is 0.500. The van der Waals surface area contributed by atoms with Gasteiger partial charge in [-0.3, -0.25) is 0 Å². The Hall–Kier alpha value is -1.47. The second-order valence-electron chi connectivity index (χ2n) is 3.71. The van der Waals surface area contributed by atoms with Gasteiger partial charge in [-0.05, 0) is 26.7 Å². The minimum atomic E-state index is -4.64. The molecule has 0 unspecified atom stereocenters. The molecule has 0 radical (unpaired) electrons. The van der Waals surface area contributed by atoms with Crippen molar-refractivity contribution in [3.05, 3.63) is 23.3 Å². The minimum absolute atomic E-state index is 0.424. The summed E-state index contributed by atoms with van der Waals surface area (Å²) in [6.45, 7) is 7.00. The number of allylic oxidation sites excluding steroid dienone is 2. The lowest BCUT2D eigenvalue weighted by molar-refractivity contribution is -0.133. The van der Waals surface area contributed by atoms with Crippen molar-refractivity contribution in [3.63, 3.8) is 0 Å². The van der Waals surface area contributed by atoms with Crippen LogP contribution in [0.5, 0.6) is 0 Å². The molecule has 0 aliphatic rings. The Balaban J connectivity index is -0.000000239. The highest BCUT2D eigenvalue weighted by Gasteiger charge is 2.00. The van der Waals surface area contributed by atoms with Gasteiger partial charge in [0.15, 0.2) is 0 Å². The zero-order valence-corrected chi connectivity index (χ0v) is 13.4. The molecule has 5 N–H and O–H groups in total. The van der Waals surface area contributed by atoms with Crippen LogP contribution in [0.15, 0.2) is 23.3 Å². The van der Waals surface area contributed by atoms with Gasteiger partial charge in [0.2, 0.25) is 0 Å². The third-order valence-electron chi connectivity index (χ3n) is 1.70. The summed E-state index contributed by atoms with van der Waals surface area (Å²) in [6.07, 6.45) is 4.95. The maximum Gasteiger partial charge on any atom is 0.466 e. The second kappa shape index (κ2) is 13.5. The average molecular weight is 326 g/mol. The minimum Gasteiger partial charge on any atom is -0.478 e. The molecule has 0 aromatic heterocycles. The Kier molecular flexibility index (Phi) is 15.8. The molecule has 0 saturated heterocycles. The number of phosphoric acid groups is 1. The molecule has 0 amide bonds. The van der Waals surface area contributed by atoms with Crippen molar-refractivity contribution >= 4 is 19.8 Å². The van der Waals surface area contributed by atoms with Gasteiger partial charge in [0.25, 0.3) is 0 Å². The highest BCUT2D eigenvalue weighted by molar-refractivity contribution is 7.45. The standard InChI is InChI=1S/2C6H10O2.H3O4P/c2*1-3-4-5(2)6(7)8;1-5(2,3)4/h2*4H,3H2,1-2H3,(H,7,8);(H3,1,2,3,4). The summed E-state index contributed by atoms with van der Waals surface area (Å²) in [7, 11) is -4.64. The highest BCUT2D eigenvalue weighted by Crippen LogP contribution is 2.25. The fourth-order valence-electron chi connectivity index (χ4n) is 0.787. The normalized spacial score (nSPS) is 11.6. The van der Waals surface area contributed by atoms with E-state index in [-0.39, 0.29) is 0 Å². The van der Waals surface area contributed by atoms with Crippen LogP contribution in [0.1, 0.15) is 40.5 Å². The van der Waals surface area contributed by atoms with E-state index in [1.165, 1.54) is 0 Å². The molecule has 0 spiro atoms. The van der Waals surface area contributed by atoms with Gasteiger partial charge in [0.1, 0.15) is 0 Å². The van der Waals surface area contributed by atoms with Crippen LogP contribution in [-0.2, 0) is 14.2 Å². The van der Waals surface area contributed by atoms with Crippen molar-refractivity contribution in [2.75, 3.05) is 0 Å². The summed E-state index contributed by atoms with van der Waals surface area (Å²) in [5, 5.41) is 16.5. The SMILES string of the molecule is CCC=C(C)C(=O)O.CCC=C(C)C(=O)O.O=P(O)(O)O. The van der Waals surface area contributed by atoms with Gasteiger partial charge >= 0.3 is 19.8 Å². The average Bonchev–Trinajstić information content (AvgIpc) is 2.28. The van der Waals surface area contributed by atoms with Gasteiger partial charge in [-0.1, -0.05) is 26.0 Å². The van der Waals surface area contributed by atoms with E-state index in [2.05, 4.69) is 0 Å². The number of rotatable bonds is 4. The van der Waals surface area contributed by atoms with E-state index >= 15 is 0 Å². The summed E-state index contributed by atoms with van der Waals surface area (Å²) in [6, 6.07) is 0. The molecule has 0 aromatic carbocycles. The molecule has 0 heterocycles. The van der Waals surface area contributed by atoms with Gasteiger partial charge in [-0.2, -0.15) is 0 Å². The second-order valence-corrected chi connectivity index (χ2v) is 4.74. The summed E-state index contributed by atoms with van der Waals surface area (Å²) in [5.41, 5.74) is 0.847. The van der Waals surface area contributed by atoms with Crippen LogP contribution in [0.2, 0.25) is 0 Å². The van der Waals surface area contributed by atoms with Crippen LogP contribution in [0.4, 0.5) is 0 Å². The highest BCUT2D eigenvalue weighted by atomic mass is 31.2. The molecule has 0 aliphatic carbocycles. The van der Waals surface area contributed by atoms with Crippen molar-refractivity contribution < 1.29 is 39.0 Å². The molecule has 0 rings (SSSR count). The Bertz CT molecular complexity index is 381. The molecule has 0 bridgehead atoms. The van der Waals surface area contributed by atoms with E-state index < -0.39 is 19.8 Å². The van der Waals surface area contributed by atoms with E-state index in [4.69, 9.17) is 29.5 Å². The van der Waals surface area contributed by atoms with Gasteiger partial charge in [-0.15, -0.1) is 0 Å². The Morgan fingerprint density at radius 3 is 1.10 bits per heavy atom. The number of carboxylic acids is 2. The van der Waals surface area contributed by atoms with Crippen molar-refractivity contribution in [1.29, 1.82) is 0 Å². The maximum atomic E-state index is 10.0. The van der Waals surface area contributed by atoms with Crippen LogP contribution < -0.4 is 0 Å². The smallest absolute Gasteiger partial charge is 0.466 e. The first kappa shape index (κ1) is 24.5. The van der Waals surface area contributed by atoms with E-state index in [0.717, 1.165) is 12.8 Å². The molecule has 21 heavy (non-hydrogen) atoms. The summed E-state index contributed by atoms with van der Waals surface area (Å²) in [4.78, 5) is 41.6. The number of hydrogen-bond donors (Lipinski definition) is 5. The van der Waals surface area contributed by atoms with Crippen LogP contribution in [0, 0.1) is 0 Å². The molecular weight excluding hydrogens is 303 g/mol. The zero-order valence-electron chi connectivity index (χ0n) is 12.5. The van der Waals surface area contributed by atoms with Crippen molar-refractivity contribution in [1.82, 2.24) is 0 Å². The molecule has 0 atom stereocenters. The third-order valence-corrected chi connectivity index (χ3v) is 1.70. The first-order chi connectivity index (χ1) is 9.36.